The van der Waals surface area contributed by atoms with Crippen molar-refractivity contribution < 1.29 is 0 Å². The summed E-state index contributed by atoms with van der Waals surface area (Å²) in [5.74, 6) is 0. The zero-order valence-corrected chi connectivity index (χ0v) is 12.6. The summed E-state index contributed by atoms with van der Waals surface area (Å²) >= 11 is 0. The van der Waals surface area contributed by atoms with E-state index < -0.39 is 0 Å². The highest BCUT2D eigenvalue weighted by Gasteiger charge is 2.32. The van der Waals surface area contributed by atoms with Crippen molar-refractivity contribution in [1.82, 2.24) is 14.9 Å². The average Bonchev–Trinajstić information content (AvgIpc) is 2.92. The normalized spacial score (nSPS) is 18.1. The molecule has 0 unspecified atom stereocenters. The molecular weight excluding hydrogens is 246 g/mol. The summed E-state index contributed by atoms with van der Waals surface area (Å²) in [7, 11) is 0. The molecule has 1 N–H and O–H groups in total. The van der Waals surface area contributed by atoms with Gasteiger partial charge >= 0.3 is 0 Å². The Hall–Kier alpha value is -1.61. The van der Waals surface area contributed by atoms with Crippen LogP contribution in [0.4, 0.5) is 0 Å². The number of hydrogen-bond donors (Lipinski definition) is 1. The fourth-order valence-electron chi connectivity index (χ4n) is 3.15. The van der Waals surface area contributed by atoms with Gasteiger partial charge in [-0.3, -0.25) is 0 Å². The van der Waals surface area contributed by atoms with Gasteiger partial charge < -0.3 is 9.88 Å². The molecule has 0 bridgehead atoms. The van der Waals surface area contributed by atoms with E-state index in [1.165, 1.54) is 35.3 Å². The second kappa shape index (κ2) is 5.06. The van der Waals surface area contributed by atoms with Crippen LogP contribution < -0.4 is 5.32 Å². The Kier molecular flexibility index (Phi) is 3.38. The van der Waals surface area contributed by atoms with Crippen LogP contribution in [0.2, 0.25) is 0 Å². The average molecular weight is 269 g/mol. The number of piperidine rings is 1. The number of rotatable bonds is 2. The third kappa shape index (κ3) is 2.27. The highest BCUT2D eigenvalue weighted by Crippen LogP contribution is 2.34. The molecule has 1 aromatic carbocycles. The van der Waals surface area contributed by atoms with Crippen molar-refractivity contribution in [3.63, 3.8) is 0 Å². The number of aryl methyl sites for hydroxylation is 2. The highest BCUT2D eigenvalue weighted by atomic mass is 15.1. The SMILES string of the molecule is Cc1ccc(C)c(-n2cncc2C2(C)CCNCC2)c1. The van der Waals surface area contributed by atoms with Crippen LogP contribution in [0, 0.1) is 13.8 Å². The molecule has 0 radical (unpaired) electrons. The van der Waals surface area contributed by atoms with Crippen molar-refractivity contribution in [1.29, 1.82) is 0 Å². The van der Waals surface area contributed by atoms with Crippen molar-refractivity contribution in [2.45, 2.75) is 39.0 Å². The minimum Gasteiger partial charge on any atom is -0.317 e. The number of nitrogens with one attached hydrogen (secondary N) is 1. The number of imidazole rings is 1. The Bertz CT molecular complexity index is 606. The van der Waals surface area contributed by atoms with E-state index in [4.69, 9.17) is 0 Å². The number of nitrogens with zero attached hydrogens (tertiary/aromatic N) is 2. The van der Waals surface area contributed by atoms with E-state index in [1.807, 2.05) is 12.5 Å². The van der Waals surface area contributed by atoms with E-state index in [1.54, 1.807) is 0 Å². The van der Waals surface area contributed by atoms with E-state index in [0.717, 1.165) is 13.1 Å². The summed E-state index contributed by atoms with van der Waals surface area (Å²) in [6.45, 7) is 8.87. The molecule has 1 aliphatic heterocycles. The molecule has 3 nitrogen and oxygen atoms in total. The molecule has 1 saturated heterocycles. The lowest BCUT2D eigenvalue weighted by Crippen LogP contribution is -2.38. The van der Waals surface area contributed by atoms with Crippen LogP contribution in [0.1, 0.15) is 36.6 Å². The lowest BCUT2D eigenvalue weighted by molar-refractivity contribution is 0.324. The van der Waals surface area contributed by atoms with Crippen LogP contribution in [0.3, 0.4) is 0 Å². The molecule has 20 heavy (non-hydrogen) atoms. The lowest BCUT2D eigenvalue weighted by atomic mass is 9.78. The molecule has 3 rings (SSSR count). The second-order valence-corrected chi connectivity index (χ2v) is 6.25. The van der Waals surface area contributed by atoms with Gasteiger partial charge in [0.15, 0.2) is 0 Å². The first-order valence-corrected chi connectivity index (χ1v) is 7.41. The molecule has 0 spiro atoms. The smallest absolute Gasteiger partial charge is 0.0994 e. The minimum atomic E-state index is 0.220. The first-order valence-electron chi connectivity index (χ1n) is 7.41. The van der Waals surface area contributed by atoms with E-state index in [-0.39, 0.29) is 5.41 Å². The number of benzene rings is 1. The van der Waals surface area contributed by atoms with Gasteiger partial charge in [-0.15, -0.1) is 0 Å². The third-order valence-corrected chi connectivity index (χ3v) is 4.59. The Labute approximate surface area is 121 Å². The van der Waals surface area contributed by atoms with Crippen LogP contribution in [0.5, 0.6) is 0 Å². The molecule has 0 aliphatic carbocycles. The molecule has 3 heteroatoms. The van der Waals surface area contributed by atoms with E-state index >= 15 is 0 Å². The van der Waals surface area contributed by atoms with Gasteiger partial charge in [-0.25, -0.2) is 4.98 Å². The van der Waals surface area contributed by atoms with Gasteiger partial charge in [0, 0.05) is 23.0 Å². The number of aromatic nitrogens is 2. The van der Waals surface area contributed by atoms with Gasteiger partial charge in [-0.05, 0) is 57.0 Å². The highest BCUT2D eigenvalue weighted by molar-refractivity contribution is 5.45. The molecular formula is C17H23N3. The van der Waals surface area contributed by atoms with Crippen LogP contribution in [-0.2, 0) is 5.41 Å². The maximum Gasteiger partial charge on any atom is 0.0994 e. The fourth-order valence-corrected chi connectivity index (χ4v) is 3.15. The molecule has 2 heterocycles. The van der Waals surface area contributed by atoms with E-state index in [0.29, 0.717) is 0 Å². The van der Waals surface area contributed by atoms with E-state index in [2.05, 4.69) is 53.8 Å². The molecule has 0 atom stereocenters. The van der Waals surface area contributed by atoms with Crippen molar-refractivity contribution in [2.24, 2.45) is 0 Å². The van der Waals surface area contributed by atoms with Gasteiger partial charge in [-0.2, -0.15) is 0 Å². The predicted octanol–water partition coefficient (Wildman–Crippen LogP) is 3.13. The summed E-state index contributed by atoms with van der Waals surface area (Å²) in [6, 6.07) is 6.62. The Morgan fingerprint density at radius 2 is 1.95 bits per heavy atom. The molecule has 1 fully saturated rings. The summed E-state index contributed by atoms with van der Waals surface area (Å²) in [6.07, 6.45) is 6.35. The first kappa shape index (κ1) is 13.4. The third-order valence-electron chi connectivity index (χ3n) is 4.59. The fraction of sp³-hybridized carbons (Fsp3) is 0.471. The minimum absolute atomic E-state index is 0.220. The van der Waals surface area contributed by atoms with Crippen LogP contribution in [0.15, 0.2) is 30.7 Å². The summed E-state index contributed by atoms with van der Waals surface area (Å²) in [4.78, 5) is 4.43. The molecule has 0 saturated carbocycles. The molecule has 2 aromatic rings. The zero-order valence-electron chi connectivity index (χ0n) is 12.6. The quantitative estimate of drug-likeness (QED) is 0.907. The Balaban J connectivity index is 2.08. The first-order chi connectivity index (χ1) is 9.60. The maximum atomic E-state index is 4.43. The van der Waals surface area contributed by atoms with Crippen LogP contribution in [0.25, 0.3) is 5.69 Å². The van der Waals surface area contributed by atoms with Crippen LogP contribution in [-0.4, -0.2) is 22.6 Å². The number of hydrogen-bond acceptors (Lipinski definition) is 2. The predicted molar refractivity (Wildman–Crippen MR) is 82.5 cm³/mol. The van der Waals surface area contributed by atoms with Crippen molar-refractivity contribution in [3.8, 4) is 5.69 Å². The molecule has 1 aromatic heterocycles. The van der Waals surface area contributed by atoms with Gasteiger partial charge in [0.05, 0.1) is 6.33 Å². The standard InChI is InChI=1S/C17H23N3/c1-13-4-5-14(2)15(10-13)20-12-19-11-16(20)17(3)6-8-18-9-7-17/h4-5,10-12,18H,6-9H2,1-3H3. The summed E-state index contributed by atoms with van der Waals surface area (Å²) < 4.78 is 2.29. The van der Waals surface area contributed by atoms with Crippen LogP contribution >= 0.6 is 0 Å². The maximum absolute atomic E-state index is 4.43. The summed E-state index contributed by atoms with van der Waals surface area (Å²) in [5, 5.41) is 3.45. The van der Waals surface area contributed by atoms with Gasteiger partial charge in [0.1, 0.15) is 0 Å². The van der Waals surface area contributed by atoms with Crippen molar-refractivity contribution >= 4 is 0 Å². The second-order valence-electron chi connectivity index (χ2n) is 6.25. The van der Waals surface area contributed by atoms with Crippen molar-refractivity contribution in [3.05, 3.63) is 47.5 Å². The van der Waals surface area contributed by atoms with Gasteiger partial charge in [0.25, 0.3) is 0 Å². The largest absolute Gasteiger partial charge is 0.317 e. The summed E-state index contributed by atoms with van der Waals surface area (Å²) in [5.41, 5.74) is 5.41. The topological polar surface area (TPSA) is 29.9 Å². The Morgan fingerprint density at radius 1 is 1.20 bits per heavy atom. The van der Waals surface area contributed by atoms with Gasteiger partial charge in [0.2, 0.25) is 0 Å². The molecule has 0 amide bonds. The molecule has 106 valence electrons. The zero-order chi connectivity index (χ0) is 14.2. The van der Waals surface area contributed by atoms with Crippen molar-refractivity contribution in [2.75, 3.05) is 13.1 Å². The lowest BCUT2D eigenvalue weighted by Gasteiger charge is -2.34. The molecule has 1 aliphatic rings. The van der Waals surface area contributed by atoms with Gasteiger partial charge in [-0.1, -0.05) is 19.1 Å². The monoisotopic (exact) mass is 269 g/mol. The van der Waals surface area contributed by atoms with E-state index in [9.17, 15) is 0 Å². The Morgan fingerprint density at radius 3 is 2.70 bits per heavy atom.